The Morgan fingerprint density at radius 3 is 2.00 bits per heavy atom. The van der Waals surface area contributed by atoms with Gasteiger partial charge in [-0.15, -0.1) is 0 Å². The molecule has 1 rings (SSSR count). The fourth-order valence-corrected chi connectivity index (χ4v) is 2.99. The number of carbonyl (C=O) groups is 2. The minimum atomic E-state index is -0.692. The predicted molar refractivity (Wildman–Crippen MR) is 106 cm³/mol. The van der Waals surface area contributed by atoms with Crippen LogP contribution >= 0.6 is 0 Å². The van der Waals surface area contributed by atoms with Gasteiger partial charge in [0.05, 0.1) is 0 Å². The van der Waals surface area contributed by atoms with Crippen LogP contribution in [0.1, 0.15) is 81.8 Å². The first-order valence-electron chi connectivity index (χ1n) is 10.1. The van der Waals surface area contributed by atoms with Gasteiger partial charge in [-0.05, 0) is 38.2 Å². The summed E-state index contributed by atoms with van der Waals surface area (Å²) in [5.41, 5.74) is 2.57. The molecule has 1 amide bonds. The molecule has 0 aliphatic heterocycles. The summed E-state index contributed by atoms with van der Waals surface area (Å²) >= 11 is 0. The molecule has 0 aromatic heterocycles. The van der Waals surface area contributed by atoms with Gasteiger partial charge in [-0.2, -0.15) is 0 Å². The van der Waals surface area contributed by atoms with Crippen LogP contribution in [0.4, 0.5) is 0 Å². The maximum Gasteiger partial charge on any atom is 0.303 e. The summed E-state index contributed by atoms with van der Waals surface area (Å²) in [7, 11) is 0. The number of amides is 1. The molecule has 0 aliphatic rings. The number of hydrogen-bond acceptors (Lipinski definition) is 2. The maximum atomic E-state index is 11.8. The normalized spacial score (nSPS) is 10.7. The number of nitrogens with one attached hydrogen (secondary N) is 1. The molecule has 0 bridgehead atoms. The summed E-state index contributed by atoms with van der Waals surface area (Å²) in [6.07, 6.45) is 11.5. The quantitative estimate of drug-likeness (QED) is 0.431. The third kappa shape index (κ3) is 12.5. The van der Waals surface area contributed by atoms with Gasteiger partial charge in [0.1, 0.15) is 0 Å². The largest absolute Gasteiger partial charge is 0.481 e. The van der Waals surface area contributed by atoms with Gasteiger partial charge < -0.3 is 10.4 Å². The monoisotopic (exact) mass is 361 g/mol. The first-order chi connectivity index (χ1) is 12.6. The molecule has 0 unspecified atom stereocenters. The van der Waals surface area contributed by atoms with Crippen molar-refractivity contribution in [2.24, 2.45) is 0 Å². The van der Waals surface area contributed by atoms with Crippen LogP contribution in [0.3, 0.4) is 0 Å². The average Bonchev–Trinajstić information content (AvgIpc) is 2.61. The highest BCUT2D eigenvalue weighted by Gasteiger charge is 2.01. The highest BCUT2D eigenvalue weighted by Crippen LogP contribution is 2.10. The zero-order valence-corrected chi connectivity index (χ0v) is 16.3. The van der Waals surface area contributed by atoms with E-state index in [1.165, 1.54) is 30.4 Å². The van der Waals surface area contributed by atoms with Gasteiger partial charge >= 0.3 is 5.97 Å². The third-order valence-electron chi connectivity index (χ3n) is 4.63. The van der Waals surface area contributed by atoms with Gasteiger partial charge in [-0.1, -0.05) is 68.4 Å². The Balaban J connectivity index is 1.86. The number of unbranched alkanes of at least 4 members (excludes halogenated alkanes) is 7. The van der Waals surface area contributed by atoms with Gasteiger partial charge in [0.15, 0.2) is 0 Å². The van der Waals surface area contributed by atoms with Crippen molar-refractivity contribution >= 4 is 11.9 Å². The second-order valence-corrected chi connectivity index (χ2v) is 7.16. The number of carboxylic acid groups (broad SMARTS) is 1. The van der Waals surface area contributed by atoms with Crippen LogP contribution in [0.25, 0.3) is 0 Å². The fraction of sp³-hybridized carbons (Fsp3) is 0.636. The summed E-state index contributed by atoms with van der Waals surface area (Å²) < 4.78 is 0. The van der Waals surface area contributed by atoms with E-state index in [4.69, 9.17) is 5.11 Å². The van der Waals surface area contributed by atoms with E-state index in [1.54, 1.807) is 0 Å². The first-order valence-corrected chi connectivity index (χ1v) is 10.1. The molecular weight excluding hydrogens is 326 g/mol. The Labute approximate surface area is 158 Å². The highest BCUT2D eigenvalue weighted by atomic mass is 16.4. The van der Waals surface area contributed by atoms with Crippen molar-refractivity contribution < 1.29 is 14.7 Å². The SMILES string of the molecule is Cc1ccc(CCCC(=O)NCCCCCCCCCCC(=O)O)cc1. The Bertz CT molecular complexity index is 511. The summed E-state index contributed by atoms with van der Waals surface area (Å²) in [4.78, 5) is 22.2. The van der Waals surface area contributed by atoms with E-state index < -0.39 is 5.97 Å². The number of aliphatic carboxylic acids is 1. The molecule has 0 radical (unpaired) electrons. The smallest absolute Gasteiger partial charge is 0.303 e. The van der Waals surface area contributed by atoms with E-state index in [2.05, 4.69) is 36.5 Å². The zero-order chi connectivity index (χ0) is 19.0. The second-order valence-electron chi connectivity index (χ2n) is 7.16. The second kappa shape index (κ2) is 14.3. The van der Waals surface area contributed by atoms with Crippen molar-refractivity contribution in [2.45, 2.75) is 84.0 Å². The van der Waals surface area contributed by atoms with Crippen LogP contribution < -0.4 is 5.32 Å². The van der Waals surface area contributed by atoms with Crippen LogP contribution in [0.2, 0.25) is 0 Å². The Morgan fingerprint density at radius 2 is 1.38 bits per heavy atom. The molecule has 0 saturated carbocycles. The van der Waals surface area contributed by atoms with Crippen LogP contribution in [-0.4, -0.2) is 23.5 Å². The molecule has 0 spiro atoms. The van der Waals surface area contributed by atoms with Gasteiger partial charge in [-0.25, -0.2) is 0 Å². The minimum absolute atomic E-state index is 0.163. The Hall–Kier alpha value is -1.84. The van der Waals surface area contributed by atoms with Crippen molar-refractivity contribution in [1.82, 2.24) is 5.32 Å². The van der Waals surface area contributed by atoms with Gasteiger partial charge in [0, 0.05) is 19.4 Å². The minimum Gasteiger partial charge on any atom is -0.481 e. The lowest BCUT2D eigenvalue weighted by Gasteiger charge is -2.06. The van der Waals surface area contributed by atoms with Crippen LogP contribution in [0.15, 0.2) is 24.3 Å². The van der Waals surface area contributed by atoms with Crippen molar-refractivity contribution in [3.05, 3.63) is 35.4 Å². The predicted octanol–water partition coefficient (Wildman–Crippen LogP) is 5.03. The highest BCUT2D eigenvalue weighted by molar-refractivity contribution is 5.75. The Kier molecular flexibility index (Phi) is 12.2. The van der Waals surface area contributed by atoms with Gasteiger partial charge in [-0.3, -0.25) is 9.59 Å². The molecule has 0 atom stereocenters. The number of hydrogen-bond donors (Lipinski definition) is 2. The number of rotatable bonds is 15. The third-order valence-corrected chi connectivity index (χ3v) is 4.63. The fourth-order valence-electron chi connectivity index (χ4n) is 2.99. The van der Waals surface area contributed by atoms with E-state index in [9.17, 15) is 9.59 Å². The molecule has 1 aromatic carbocycles. The lowest BCUT2D eigenvalue weighted by Crippen LogP contribution is -2.24. The summed E-state index contributed by atoms with van der Waals surface area (Å²) in [5, 5.41) is 11.6. The van der Waals surface area contributed by atoms with E-state index in [0.29, 0.717) is 12.8 Å². The molecule has 0 heterocycles. The van der Waals surface area contributed by atoms with Crippen molar-refractivity contribution in [2.75, 3.05) is 6.54 Å². The number of carbonyl (C=O) groups excluding carboxylic acids is 1. The first kappa shape index (κ1) is 22.2. The molecule has 0 saturated heterocycles. The number of aryl methyl sites for hydroxylation is 2. The maximum absolute atomic E-state index is 11.8. The average molecular weight is 362 g/mol. The molecule has 26 heavy (non-hydrogen) atoms. The topological polar surface area (TPSA) is 66.4 Å². The molecule has 1 aromatic rings. The van der Waals surface area contributed by atoms with E-state index in [1.807, 2.05) is 0 Å². The van der Waals surface area contributed by atoms with Crippen LogP contribution in [0.5, 0.6) is 0 Å². The van der Waals surface area contributed by atoms with Crippen LogP contribution in [-0.2, 0) is 16.0 Å². The molecule has 2 N–H and O–H groups in total. The molecule has 0 fully saturated rings. The molecular formula is C22H35NO3. The standard InChI is InChI=1S/C22H35NO3/c1-19-14-16-20(17-15-19)11-10-12-21(24)23-18-9-7-5-3-2-4-6-8-13-22(25)26/h14-17H,2-13,18H2,1H3,(H,23,24)(H,25,26). The van der Waals surface area contributed by atoms with Crippen molar-refractivity contribution in [3.8, 4) is 0 Å². The summed E-state index contributed by atoms with van der Waals surface area (Å²) in [6, 6.07) is 8.51. The molecule has 146 valence electrons. The van der Waals surface area contributed by atoms with E-state index in [0.717, 1.165) is 51.5 Å². The van der Waals surface area contributed by atoms with Crippen molar-refractivity contribution in [3.63, 3.8) is 0 Å². The van der Waals surface area contributed by atoms with E-state index >= 15 is 0 Å². The van der Waals surface area contributed by atoms with Crippen LogP contribution in [0, 0.1) is 6.92 Å². The molecule has 4 heteroatoms. The van der Waals surface area contributed by atoms with Gasteiger partial charge in [0.2, 0.25) is 5.91 Å². The van der Waals surface area contributed by atoms with Gasteiger partial charge in [0.25, 0.3) is 0 Å². The lowest BCUT2D eigenvalue weighted by atomic mass is 10.1. The van der Waals surface area contributed by atoms with E-state index in [-0.39, 0.29) is 5.91 Å². The van der Waals surface area contributed by atoms with Crippen molar-refractivity contribution in [1.29, 1.82) is 0 Å². The summed E-state index contributed by atoms with van der Waals surface area (Å²) in [6.45, 7) is 2.86. The summed E-state index contributed by atoms with van der Waals surface area (Å²) in [5.74, 6) is -0.530. The molecule has 0 aliphatic carbocycles. The Morgan fingerprint density at radius 1 is 0.808 bits per heavy atom. The number of benzene rings is 1. The zero-order valence-electron chi connectivity index (χ0n) is 16.3. The molecule has 4 nitrogen and oxygen atoms in total. The number of carboxylic acids is 1. The lowest BCUT2D eigenvalue weighted by molar-refractivity contribution is -0.137.